The van der Waals surface area contributed by atoms with Gasteiger partial charge in [0, 0.05) is 23.3 Å². The molecule has 0 spiro atoms. The van der Waals surface area contributed by atoms with Gasteiger partial charge in [-0.25, -0.2) is 8.42 Å². The summed E-state index contributed by atoms with van der Waals surface area (Å²) in [5.74, 6) is -0.996. The zero-order valence-corrected chi connectivity index (χ0v) is 12.0. The number of hydrogen-bond donors (Lipinski definition) is 0. The van der Waals surface area contributed by atoms with Crippen molar-refractivity contribution in [1.82, 2.24) is 0 Å². The summed E-state index contributed by atoms with van der Waals surface area (Å²) in [5, 5.41) is 0.258. The van der Waals surface area contributed by atoms with Crippen LogP contribution in [0, 0.1) is 0 Å². The molecule has 0 fully saturated rings. The SMILES string of the molecule is COC(=O)CCC(=O)c1cc(Cl)ccc1S(C)(=O)=O. The number of carbonyl (C=O) groups excluding carboxylic acids is 2. The van der Waals surface area contributed by atoms with E-state index in [1.165, 1.54) is 25.3 Å². The number of ether oxygens (including phenoxy) is 1. The van der Waals surface area contributed by atoms with Crippen LogP contribution in [0.3, 0.4) is 0 Å². The molecule has 0 aromatic heterocycles. The Balaban J connectivity index is 3.08. The lowest BCUT2D eigenvalue weighted by Gasteiger charge is -2.07. The molecule has 0 amide bonds. The van der Waals surface area contributed by atoms with Gasteiger partial charge in [-0.3, -0.25) is 9.59 Å². The largest absolute Gasteiger partial charge is 0.469 e. The third-order valence-electron chi connectivity index (χ3n) is 2.43. The van der Waals surface area contributed by atoms with Gasteiger partial charge in [-0.1, -0.05) is 11.6 Å². The van der Waals surface area contributed by atoms with Crippen molar-refractivity contribution in [2.75, 3.05) is 13.4 Å². The van der Waals surface area contributed by atoms with Crippen LogP contribution in [-0.2, 0) is 19.4 Å². The minimum Gasteiger partial charge on any atom is -0.469 e. The molecule has 0 atom stereocenters. The molecule has 1 rings (SSSR count). The van der Waals surface area contributed by atoms with Crippen molar-refractivity contribution in [1.29, 1.82) is 0 Å². The Bertz CT molecular complexity index is 607. The first-order valence-corrected chi connectivity index (χ1v) is 7.62. The zero-order valence-electron chi connectivity index (χ0n) is 10.5. The van der Waals surface area contributed by atoms with Crippen LogP contribution >= 0.6 is 11.6 Å². The lowest BCUT2D eigenvalue weighted by Crippen LogP contribution is -2.10. The maximum Gasteiger partial charge on any atom is 0.305 e. The Morgan fingerprint density at radius 2 is 1.89 bits per heavy atom. The van der Waals surface area contributed by atoms with Crippen LogP contribution in [0.5, 0.6) is 0 Å². The molecular weight excluding hydrogens is 292 g/mol. The van der Waals surface area contributed by atoms with E-state index in [2.05, 4.69) is 4.74 Å². The van der Waals surface area contributed by atoms with Gasteiger partial charge < -0.3 is 4.74 Å². The molecule has 0 radical (unpaired) electrons. The third-order valence-corrected chi connectivity index (χ3v) is 3.82. The first kappa shape index (κ1) is 15.7. The second kappa shape index (κ2) is 6.16. The number of Topliss-reactive ketones (excluding diaryl/α,β-unsaturated/α-hetero) is 1. The fourth-order valence-corrected chi connectivity index (χ4v) is 2.56. The van der Waals surface area contributed by atoms with E-state index in [0.29, 0.717) is 0 Å². The van der Waals surface area contributed by atoms with E-state index in [9.17, 15) is 18.0 Å². The molecule has 0 unspecified atom stereocenters. The second-order valence-corrected chi connectivity index (χ2v) is 6.33. The first-order chi connectivity index (χ1) is 8.75. The van der Waals surface area contributed by atoms with E-state index >= 15 is 0 Å². The molecule has 7 heteroatoms. The van der Waals surface area contributed by atoms with E-state index in [1.807, 2.05) is 0 Å². The lowest BCUT2D eigenvalue weighted by atomic mass is 10.1. The van der Waals surface area contributed by atoms with Crippen molar-refractivity contribution in [3.05, 3.63) is 28.8 Å². The van der Waals surface area contributed by atoms with Crippen LogP contribution in [0.2, 0.25) is 5.02 Å². The van der Waals surface area contributed by atoms with Crippen LogP contribution in [0.25, 0.3) is 0 Å². The number of rotatable bonds is 5. The number of hydrogen-bond acceptors (Lipinski definition) is 5. The molecular formula is C12H13ClO5S. The molecule has 0 bridgehead atoms. The molecule has 1 aromatic rings. The van der Waals surface area contributed by atoms with Crippen LogP contribution in [0.4, 0.5) is 0 Å². The quantitative estimate of drug-likeness (QED) is 0.613. The molecule has 0 aliphatic rings. The maximum atomic E-state index is 12.0. The molecule has 104 valence electrons. The summed E-state index contributed by atoms with van der Waals surface area (Å²) in [7, 11) is -2.32. The number of halogens is 1. The van der Waals surface area contributed by atoms with Crippen molar-refractivity contribution in [3.63, 3.8) is 0 Å². The van der Waals surface area contributed by atoms with Crippen LogP contribution in [0.15, 0.2) is 23.1 Å². The molecule has 0 N–H and O–H groups in total. The van der Waals surface area contributed by atoms with Gasteiger partial charge in [0.25, 0.3) is 0 Å². The highest BCUT2D eigenvalue weighted by Gasteiger charge is 2.19. The molecule has 5 nitrogen and oxygen atoms in total. The standard InChI is InChI=1S/C12H13ClO5S/c1-18-12(15)6-4-10(14)9-7-8(13)3-5-11(9)19(2,16)17/h3,5,7H,4,6H2,1-2H3. The maximum absolute atomic E-state index is 12.0. The van der Waals surface area contributed by atoms with Gasteiger partial charge >= 0.3 is 5.97 Å². The number of ketones is 1. The van der Waals surface area contributed by atoms with Crippen LogP contribution in [0.1, 0.15) is 23.2 Å². The summed E-state index contributed by atoms with van der Waals surface area (Å²) in [4.78, 5) is 22.8. The molecule has 0 saturated carbocycles. The number of sulfone groups is 1. The fraction of sp³-hybridized carbons (Fsp3) is 0.333. The summed E-state index contributed by atoms with van der Waals surface area (Å²) in [5.41, 5.74) is -0.00102. The summed E-state index contributed by atoms with van der Waals surface area (Å²) < 4.78 is 27.6. The van der Waals surface area contributed by atoms with E-state index in [4.69, 9.17) is 11.6 Å². The van der Waals surface area contributed by atoms with Gasteiger partial charge in [-0.15, -0.1) is 0 Å². The zero-order chi connectivity index (χ0) is 14.6. The average Bonchev–Trinajstić information content (AvgIpc) is 2.33. The summed E-state index contributed by atoms with van der Waals surface area (Å²) >= 11 is 5.76. The lowest BCUT2D eigenvalue weighted by molar-refractivity contribution is -0.140. The Kier molecular flexibility index (Phi) is 5.08. The summed E-state index contributed by atoms with van der Waals surface area (Å²) in [6.07, 6.45) is 0.772. The highest BCUT2D eigenvalue weighted by atomic mass is 35.5. The number of carbonyl (C=O) groups is 2. The van der Waals surface area contributed by atoms with Crippen LogP contribution < -0.4 is 0 Å². The van der Waals surface area contributed by atoms with Gasteiger partial charge in [0.2, 0.25) is 0 Å². The number of benzene rings is 1. The third kappa shape index (κ3) is 4.33. The summed E-state index contributed by atoms with van der Waals surface area (Å²) in [6, 6.07) is 3.97. The van der Waals surface area contributed by atoms with E-state index in [0.717, 1.165) is 6.26 Å². The monoisotopic (exact) mass is 304 g/mol. The molecule has 0 aliphatic heterocycles. The molecule has 19 heavy (non-hydrogen) atoms. The Morgan fingerprint density at radius 1 is 1.26 bits per heavy atom. The first-order valence-electron chi connectivity index (χ1n) is 5.35. The van der Waals surface area contributed by atoms with Crippen molar-refractivity contribution < 1.29 is 22.7 Å². The van der Waals surface area contributed by atoms with Gasteiger partial charge in [-0.05, 0) is 18.2 Å². The van der Waals surface area contributed by atoms with Gasteiger partial charge in [-0.2, -0.15) is 0 Å². The van der Waals surface area contributed by atoms with E-state index in [-0.39, 0.29) is 28.3 Å². The number of methoxy groups -OCH3 is 1. The minimum atomic E-state index is -3.54. The van der Waals surface area contributed by atoms with Crippen molar-refractivity contribution in [2.24, 2.45) is 0 Å². The van der Waals surface area contributed by atoms with Gasteiger partial charge in [0.15, 0.2) is 15.6 Å². The van der Waals surface area contributed by atoms with Crippen LogP contribution in [-0.4, -0.2) is 33.5 Å². The second-order valence-electron chi connectivity index (χ2n) is 3.91. The van der Waals surface area contributed by atoms with Crippen molar-refractivity contribution in [3.8, 4) is 0 Å². The summed E-state index contributed by atoms with van der Waals surface area (Å²) in [6.45, 7) is 0. The molecule has 1 aromatic carbocycles. The normalized spacial score (nSPS) is 11.1. The molecule has 0 saturated heterocycles. The number of esters is 1. The predicted octanol–water partition coefficient (Wildman–Crippen LogP) is 1.88. The topological polar surface area (TPSA) is 77.5 Å². The Hall–Kier alpha value is -1.40. The minimum absolute atomic E-state index is 0.00102. The molecule has 0 aliphatic carbocycles. The fourth-order valence-electron chi connectivity index (χ4n) is 1.50. The van der Waals surface area contributed by atoms with Gasteiger partial charge in [0.1, 0.15) is 0 Å². The van der Waals surface area contributed by atoms with Crippen molar-refractivity contribution >= 4 is 33.2 Å². The van der Waals surface area contributed by atoms with E-state index < -0.39 is 21.6 Å². The molecule has 0 heterocycles. The Labute approximate surface area is 116 Å². The highest BCUT2D eigenvalue weighted by Crippen LogP contribution is 2.22. The average molecular weight is 305 g/mol. The smallest absolute Gasteiger partial charge is 0.305 e. The Morgan fingerprint density at radius 3 is 2.42 bits per heavy atom. The van der Waals surface area contributed by atoms with E-state index in [1.54, 1.807) is 0 Å². The highest BCUT2D eigenvalue weighted by molar-refractivity contribution is 7.90. The predicted molar refractivity (Wildman–Crippen MR) is 70.1 cm³/mol. The van der Waals surface area contributed by atoms with Crippen molar-refractivity contribution in [2.45, 2.75) is 17.7 Å². The van der Waals surface area contributed by atoms with Gasteiger partial charge in [0.05, 0.1) is 18.4 Å².